The third kappa shape index (κ3) is 2.92. The van der Waals surface area contributed by atoms with Gasteiger partial charge in [-0.15, -0.1) is 0 Å². The summed E-state index contributed by atoms with van der Waals surface area (Å²) in [5.74, 6) is 0.964. The lowest BCUT2D eigenvalue weighted by Gasteiger charge is -2.39. The number of piperidine rings is 1. The van der Waals surface area contributed by atoms with Gasteiger partial charge in [-0.3, -0.25) is 9.69 Å². The Balaban J connectivity index is 2.60. The van der Waals surface area contributed by atoms with Crippen molar-refractivity contribution in [2.75, 3.05) is 19.6 Å². The van der Waals surface area contributed by atoms with Crippen LogP contribution in [-0.2, 0) is 4.79 Å². The van der Waals surface area contributed by atoms with Crippen molar-refractivity contribution in [3.05, 3.63) is 0 Å². The molecule has 0 aromatic heterocycles. The molecule has 3 atom stereocenters. The zero-order valence-electron chi connectivity index (χ0n) is 9.78. The van der Waals surface area contributed by atoms with Gasteiger partial charge < -0.3 is 11.5 Å². The van der Waals surface area contributed by atoms with E-state index < -0.39 is 0 Å². The maximum Gasteiger partial charge on any atom is 0.234 e. The smallest absolute Gasteiger partial charge is 0.234 e. The molecule has 4 N–H and O–H groups in total. The van der Waals surface area contributed by atoms with Gasteiger partial charge in [-0.25, -0.2) is 0 Å². The number of rotatable bonds is 4. The predicted molar refractivity (Wildman–Crippen MR) is 61.2 cm³/mol. The molecule has 15 heavy (non-hydrogen) atoms. The molecule has 4 heteroatoms. The van der Waals surface area contributed by atoms with E-state index in [1.165, 1.54) is 0 Å². The van der Waals surface area contributed by atoms with E-state index >= 15 is 0 Å². The van der Waals surface area contributed by atoms with E-state index in [1.807, 2.05) is 6.92 Å². The molecule has 88 valence electrons. The zero-order valence-corrected chi connectivity index (χ0v) is 9.78. The van der Waals surface area contributed by atoms with Gasteiger partial charge >= 0.3 is 0 Å². The van der Waals surface area contributed by atoms with Crippen LogP contribution in [0, 0.1) is 11.8 Å². The van der Waals surface area contributed by atoms with Gasteiger partial charge in [0.2, 0.25) is 5.91 Å². The van der Waals surface area contributed by atoms with Gasteiger partial charge in [-0.1, -0.05) is 13.8 Å². The number of carbonyl (C=O) groups is 1. The molecule has 1 aliphatic heterocycles. The minimum absolute atomic E-state index is 0.105. The molecule has 1 rings (SSSR count). The maximum atomic E-state index is 11.3. The Morgan fingerprint density at radius 3 is 2.73 bits per heavy atom. The van der Waals surface area contributed by atoms with Crippen LogP contribution in [0.4, 0.5) is 0 Å². The highest BCUT2D eigenvalue weighted by molar-refractivity contribution is 5.79. The van der Waals surface area contributed by atoms with E-state index in [0.29, 0.717) is 18.4 Å². The summed E-state index contributed by atoms with van der Waals surface area (Å²) < 4.78 is 0. The Hall–Kier alpha value is -0.610. The van der Waals surface area contributed by atoms with Gasteiger partial charge in [-0.2, -0.15) is 0 Å². The SMILES string of the molecule is CCC(C(N)=O)N1CCC(C)C(CN)C1. The fourth-order valence-electron chi connectivity index (χ4n) is 2.41. The molecule has 0 aromatic carbocycles. The van der Waals surface area contributed by atoms with Crippen molar-refractivity contribution in [3.8, 4) is 0 Å². The van der Waals surface area contributed by atoms with Gasteiger partial charge in [0.05, 0.1) is 6.04 Å². The van der Waals surface area contributed by atoms with E-state index in [4.69, 9.17) is 11.5 Å². The summed E-state index contributed by atoms with van der Waals surface area (Å²) in [6, 6.07) is -0.105. The molecule has 4 nitrogen and oxygen atoms in total. The molecule has 1 amide bonds. The highest BCUT2D eigenvalue weighted by Gasteiger charge is 2.30. The van der Waals surface area contributed by atoms with Crippen LogP contribution in [0.1, 0.15) is 26.7 Å². The van der Waals surface area contributed by atoms with Gasteiger partial charge in [0.15, 0.2) is 0 Å². The highest BCUT2D eigenvalue weighted by atomic mass is 16.1. The first kappa shape index (κ1) is 12.5. The number of nitrogens with two attached hydrogens (primary N) is 2. The minimum atomic E-state index is -0.206. The molecule has 0 aromatic rings. The third-order valence-electron chi connectivity index (χ3n) is 3.60. The van der Waals surface area contributed by atoms with Crippen molar-refractivity contribution < 1.29 is 4.79 Å². The molecule has 0 aliphatic carbocycles. The number of hydrogen-bond acceptors (Lipinski definition) is 3. The fraction of sp³-hybridized carbons (Fsp3) is 0.909. The lowest BCUT2D eigenvalue weighted by molar-refractivity contribution is -0.124. The van der Waals surface area contributed by atoms with E-state index in [0.717, 1.165) is 25.9 Å². The normalized spacial score (nSPS) is 30.1. The lowest BCUT2D eigenvalue weighted by Crippen LogP contribution is -2.51. The van der Waals surface area contributed by atoms with Crippen LogP contribution in [0.3, 0.4) is 0 Å². The lowest BCUT2D eigenvalue weighted by atomic mass is 9.86. The Morgan fingerprint density at radius 2 is 2.27 bits per heavy atom. The largest absolute Gasteiger partial charge is 0.368 e. The van der Waals surface area contributed by atoms with E-state index in [9.17, 15) is 4.79 Å². The van der Waals surface area contributed by atoms with Crippen LogP contribution in [0.15, 0.2) is 0 Å². The zero-order chi connectivity index (χ0) is 11.4. The molecule has 1 aliphatic rings. The second-order valence-corrected chi connectivity index (χ2v) is 4.58. The average Bonchev–Trinajstić information content (AvgIpc) is 2.21. The number of hydrogen-bond donors (Lipinski definition) is 2. The number of carbonyl (C=O) groups excluding carboxylic acids is 1. The van der Waals surface area contributed by atoms with E-state index in [2.05, 4.69) is 11.8 Å². The monoisotopic (exact) mass is 213 g/mol. The second kappa shape index (κ2) is 5.47. The Labute approximate surface area is 92.0 Å². The van der Waals surface area contributed by atoms with Crippen molar-refractivity contribution >= 4 is 5.91 Å². The van der Waals surface area contributed by atoms with Crippen molar-refractivity contribution in [1.82, 2.24) is 4.90 Å². The second-order valence-electron chi connectivity index (χ2n) is 4.58. The van der Waals surface area contributed by atoms with Crippen LogP contribution >= 0.6 is 0 Å². The van der Waals surface area contributed by atoms with Crippen LogP contribution in [-0.4, -0.2) is 36.5 Å². The van der Waals surface area contributed by atoms with Gasteiger partial charge in [0, 0.05) is 6.54 Å². The summed E-state index contributed by atoms with van der Waals surface area (Å²) in [4.78, 5) is 13.4. The quantitative estimate of drug-likeness (QED) is 0.699. The minimum Gasteiger partial charge on any atom is -0.368 e. The van der Waals surface area contributed by atoms with Gasteiger partial charge in [0.25, 0.3) is 0 Å². The molecule has 0 radical (unpaired) electrons. The topological polar surface area (TPSA) is 72.4 Å². The molecule has 0 bridgehead atoms. The molecule has 3 unspecified atom stereocenters. The number of primary amides is 1. The predicted octanol–water partition coefficient (Wildman–Crippen LogP) is 0.167. The molecular formula is C11H23N3O. The van der Waals surface area contributed by atoms with Crippen LogP contribution in [0.25, 0.3) is 0 Å². The molecule has 1 heterocycles. The number of nitrogens with zero attached hydrogens (tertiary/aromatic N) is 1. The fourth-order valence-corrected chi connectivity index (χ4v) is 2.41. The van der Waals surface area contributed by atoms with E-state index in [-0.39, 0.29) is 11.9 Å². The molecule has 1 fully saturated rings. The third-order valence-corrected chi connectivity index (χ3v) is 3.60. The van der Waals surface area contributed by atoms with Crippen LogP contribution in [0.2, 0.25) is 0 Å². The summed E-state index contributed by atoms with van der Waals surface area (Å²) in [6.45, 7) is 6.83. The van der Waals surface area contributed by atoms with E-state index in [1.54, 1.807) is 0 Å². The number of likely N-dealkylation sites (tertiary alicyclic amines) is 1. The molecule has 0 saturated carbocycles. The highest BCUT2D eigenvalue weighted by Crippen LogP contribution is 2.24. The molecule has 0 spiro atoms. The summed E-state index contributed by atoms with van der Waals surface area (Å²) >= 11 is 0. The van der Waals surface area contributed by atoms with Crippen molar-refractivity contribution in [3.63, 3.8) is 0 Å². The standard InChI is InChI=1S/C11H23N3O/c1-3-10(11(13)15)14-5-4-8(2)9(6-12)7-14/h8-10H,3-7,12H2,1-2H3,(H2,13,15). The van der Waals surface area contributed by atoms with Crippen molar-refractivity contribution in [2.24, 2.45) is 23.3 Å². The summed E-state index contributed by atoms with van der Waals surface area (Å²) in [5.41, 5.74) is 11.1. The Kier molecular flexibility index (Phi) is 4.54. The summed E-state index contributed by atoms with van der Waals surface area (Å²) in [5, 5.41) is 0. The molecular weight excluding hydrogens is 190 g/mol. The first-order valence-electron chi connectivity index (χ1n) is 5.83. The van der Waals surface area contributed by atoms with Gasteiger partial charge in [-0.05, 0) is 37.8 Å². The first-order valence-corrected chi connectivity index (χ1v) is 5.83. The Morgan fingerprint density at radius 1 is 1.60 bits per heavy atom. The van der Waals surface area contributed by atoms with Crippen LogP contribution in [0.5, 0.6) is 0 Å². The average molecular weight is 213 g/mol. The maximum absolute atomic E-state index is 11.3. The summed E-state index contributed by atoms with van der Waals surface area (Å²) in [6.07, 6.45) is 1.91. The number of amides is 1. The molecule has 1 saturated heterocycles. The van der Waals surface area contributed by atoms with Crippen molar-refractivity contribution in [1.29, 1.82) is 0 Å². The first-order chi connectivity index (χ1) is 7.10. The van der Waals surface area contributed by atoms with Crippen LogP contribution < -0.4 is 11.5 Å². The Bertz CT molecular complexity index is 220. The van der Waals surface area contributed by atoms with Crippen molar-refractivity contribution in [2.45, 2.75) is 32.7 Å². The summed E-state index contributed by atoms with van der Waals surface area (Å²) in [7, 11) is 0. The van der Waals surface area contributed by atoms with Gasteiger partial charge in [0.1, 0.15) is 0 Å².